The van der Waals surface area contributed by atoms with Gasteiger partial charge in [0, 0.05) is 23.5 Å². The number of nitrogens with one attached hydrogen (secondary N) is 1. The fourth-order valence-electron chi connectivity index (χ4n) is 3.67. The van der Waals surface area contributed by atoms with E-state index in [0.29, 0.717) is 18.0 Å². The third kappa shape index (κ3) is 7.76. The van der Waals surface area contributed by atoms with Crippen LogP contribution in [0, 0.1) is 0 Å². The second kappa shape index (κ2) is 11.2. The van der Waals surface area contributed by atoms with E-state index in [2.05, 4.69) is 5.32 Å². The van der Waals surface area contributed by atoms with Crippen LogP contribution in [0.2, 0.25) is 5.02 Å². The van der Waals surface area contributed by atoms with Crippen LogP contribution >= 0.6 is 11.6 Å². The van der Waals surface area contributed by atoms with Crippen LogP contribution in [-0.2, 0) is 29.0 Å². The lowest BCUT2D eigenvalue weighted by molar-refractivity contribution is -0.141. The molecule has 0 radical (unpaired) electrons. The van der Waals surface area contributed by atoms with Gasteiger partial charge < -0.3 is 10.2 Å². The highest BCUT2D eigenvalue weighted by Gasteiger charge is 2.32. The standard InChI is InChI=1S/C28H31ClN2O2/c1-28(2,3)30-27(33)25(18-21-10-6-4-7-11-21)31(20-23-12-8-5-9-13-23)26(32)19-22-14-16-24(29)17-15-22/h4-17,25H,18-20H2,1-3H3,(H,30,33). The Morgan fingerprint density at radius 1 is 0.818 bits per heavy atom. The first-order valence-corrected chi connectivity index (χ1v) is 11.5. The van der Waals surface area contributed by atoms with Crippen LogP contribution in [0.5, 0.6) is 0 Å². The second-order valence-electron chi connectivity index (χ2n) is 9.26. The highest BCUT2D eigenvalue weighted by molar-refractivity contribution is 6.30. The van der Waals surface area contributed by atoms with Crippen LogP contribution in [0.25, 0.3) is 0 Å². The molecule has 1 unspecified atom stereocenters. The van der Waals surface area contributed by atoms with Crippen molar-refractivity contribution in [3.8, 4) is 0 Å². The van der Waals surface area contributed by atoms with E-state index in [1.165, 1.54) is 0 Å². The first-order chi connectivity index (χ1) is 15.7. The molecule has 0 saturated carbocycles. The number of carbonyl (C=O) groups is 2. The number of halogens is 1. The Morgan fingerprint density at radius 3 is 1.91 bits per heavy atom. The largest absolute Gasteiger partial charge is 0.350 e. The summed E-state index contributed by atoms with van der Waals surface area (Å²) in [6.45, 7) is 6.19. The zero-order chi connectivity index (χ0) is 23.8. The van der Waals surface area contributed by atoms with Gasteiger partial charge in [-0.1, -0.05) is 84.4 Å². The van der Waals surface area contributed by atoms with E-state index < -0.39 is 11.6 Å². The van der Waals surface area contributed by atoms with Gasteiger partial charge in [0.15, 0.2) is 0 Å². The van der Waals surface area contributed by atoms with Crippen LogP contribution < -0.4 is 5.32 Å². The van der Waals surface area contributed by atoms with Crippen LogP contribution in [0.1, 0.15) is 37.5 Å². The molecule has 0 saturated heterocycles. The average molecular weight is 463 g/mol. The molecule has 3 aromatic rings. The van der Waals surface area contributed by atoms with Crippen molar-refractivity contribution < 1.29 is 9.59 Å². The number of carbonyl (C=O) groups excluding carboxylic acids is 2. The number of benzene rings is 3. The summed E-state index contributed by atoms with van der Waals surface area (Å²) in [5.41, 5.74) is 2.42. The summed E-state index contributed by atoms with van der Waals surface area (Å²) < 4.78 is 0. The molecule has 3 aromatic carbocycles. The summed E-state index contributed by atoms with van der Waals surface area (Å²) in [7, 11) is 0. The molecular formula is C28H31ClN2O2. The molecule has 3 rings (SSSR count). The minimum absolute atomic E-state index is 0.105. The fourth-order valence-corrected chi connectivity index (χ4v) is 3.79. The van der Waals surface area contributed by atoms with E-state index in [-0.39, 0.29) is 18.2 Å². The van der Waals surface area contributed by atoms with Gasteiger partial charge in [-0.25, -0.2) is 0 Å². The molecule has 172 valence electrons. The van der Waals surface area contributed by atoms with Gasteiger partial charge in [-0.3, -0.25) is 9.59 Å². The van der Waals surface area contributed by atoms with Gasteiger partial charge in [-0.2, -0.15) is 0 Å². The highest BCUT2D eigenvalue weighted by atomic mass is 35.5. The molecule has 0 aromatic heterocycles. The maximum atomic E-state index is 13.6. The van der Waals surface area contributed by atoms with Gasteiger partial charge in [0.1, 0.15) is 6.04 Å². The first kappa shape index (κ1) is 24.5. The fraction of sp³-hybridized carbons (Fsp3) is 0.286. The van der Waals surface area contributed by atoms with E-state index in [9.17, 15) is 9.59 Å². The molecule has 1 N–H and O–H groups in total. The minimum atomic E-state index is -0.647. The van der Waals surface area contributed by atoms with Crippen molar-refractivity contribution >= 4 is 23.4 Å². The number of nitrogens with zero attached hydrogens (tertiary/aromatic N) is 1. The molecule has 0 aliphatic carbocycles. The first-order valence-electron chi connectivity index (χ1n) is 11.1. The quantitative estimate of drug-likeness (QED) is 0.484. The molecule has 4 nitrogen and oxygen atoms in total. The Balaban J connectivity index is 1.96. The summed E-state index contributed by atoms with van der Waals surface area (Å²) in [5, 5.41) is 3.71. The van der Waals surface area contributed by atoms with Gasteiger partial charge in [-0.05, 0) is 49.6 Å². The van der Waals surface area contributed by atoms with Gasteiger partial charge in [0.25, 0.3) is 0 Å². The van der Waals surface area contributed by atoms with E-state index in [0.717, 1.165) is 16.7 Å². The van der Waals surface area contributed by atoms with Crippen molar-refractivity contribution in [1.29, 1.82) is 0 Å². The van der Waals surface area contributed by atoms with Crippen LogP contribution in [0.3, 0.4) is 0 Å². The predicted molar refractivity (Wildman–Crippen MR) is 134 cm³/mol. The predicted octanol–water partition coefficient (Wildman–Crippen LogP) is 5.44. The average Bonchev–Trinajstić information content (AvgIpc) is 2.78. The molecule has 0 spiro atoms. The zero-order valence-electron chi connectivity index (χ0n) is 19.4. The van der Waals surface area contributed by atoms with Crippen LogP contribution in [-0.4, -0.2) is 28.3 Å². The maximum Gasteiger partial charge on any atom is 0.243 e. The van der Waals surface area contributed by atoms with E-state index in [4.69, 9.17) is 11.6 Å². The van der Waals surface area contributed by atoms with Crippen molar-refractivity contribution in [3.63, 3.8) is 0 Å². The Labute approximate surface area is 201 Å². The smallest absolute Gasteiger partial charge is 0.243 e. The topological polar surface area (TPSA) is 49.4 Å². The molecule has 1 atom stereocenters. The Bertz CT molecular complexity index is 1040. The normalized spacial score (nSPS) is 12.1. The molecule has 0 heterocycles. The van der Waals surface area contributed by atoms with Crippen molar-refractivity contribution in [3.05, 3.63) is 107 Å². The lowest BCUT2D eigenvalue weighted by Gasteiger charge is -2.34. The van der Waals surface area contributed by atoms with Gasteiger partial charge in [0.05, 0.1) is 6.42 Å². The van der Waals surface area contributed by atoms with Crippen LogP contribution in [0.4, 0.5) is 0 Å². The Kier molecular flexibility index (Phi) is 8.29. The number of hydrogen-bond donors (Lipinski definition) is 1. The third-order valence-electron chi connectivity index (χ3n) is 5.23. The molecule has 2 amide bonds. The van der Waals surface area contributed by atoms with Crippen molar-refractivity contribution in [2.24, 2.45) is 0 Å². The molecule has 33 heavy (non-hydrogen) atoms. The van der Waals surface area contributed by atoms with Crippen molar-refractivity contribution in [2.75, 3.05) is 0 Å². The van der Waals surface area contributed by atoms with Gasteiger partial charge >= 0.3 is 0 Å². The minimum Gasteiger partial charge on any atom is -0.350 e. The summed E-state index contributed by atoms with van der Waals surface area (Å²) in [6, 6.07) is 26.2. The van der Waals surface area contributed by atoms with Crippen molar-refractivity contribution in [1.82, 2.24) is 10.2 Å². The zero-order valence-corrected chi connectivity index (χ0v) is 20.2. The number of rotatable bonds is 8. The van der Waals surface area contributed by atoms with E-state index in [1.54, 1.807) is 17.0 Å². The Morgan fingerprint density at radius 2 is 1.36 bits per heavy atom. The molecule has 0 bridgehead atoms. The Hall–Kier alpha value is -3.11. The molecule has 0 aliphatic rings. The molecule has 5 heteroatoms. The highest BCUT2D eigenvalue weighted by Crippen LogP contribution is 2.18. The number of amides is 2. The van der Waals surface area contributed by atoms with Gasteiger partial charge in [-0.15, -0.1) is 0 Å². The number of hydrogen-bond acceptors (Lipinski definition) is 2. The summed E-state index contributed by atoms with van der Waals surface area (Å²) in [4.78, 5) is 28.8. The third-order valence-corrected chi connectivity index (χ3v) is 5.49. The van der Waals surface area contributed by atoms with E-state index in [1.807, 2.05) is 93.6 Å². The van der Waals surface area contributed by atoms with Gasteiger partial charge in [0.2, 0.25) is 11.8 Å². The molecular weight excluding hydrogens is 432 g/mol. The summed E-state index contributed by atoms with van der Waals surface area (Å²) in [5.74, 6) is -0.266. The summed E-state index contributed by atoms with van der Waals surface area (Å²) in [6.07, 6.45) is 0.625. The maximum absolute atomic E-state index is 13.6. The van der Waals surface area contributed by atoms with Crippen molar-refractivity contribution in [2.45, 2.75) is 51.7 Å². The molecule has 0 aliphatic heterocycles. The van der Waals surface area contributed by atoms with E-state index >= 15 is 0 Å². The lowest BCUT2D eigenvalue weighted by atomic mass is 10.00. The monoisotopic (exact) mass is 462 g/mol. The molecule has 0 fully saturated rings. The SMILES string of the molecule is CC(C)(C)NC(=O)C(Cc1ccccc1)N(Cc1ccccc1)C(=O)Cc1ccc(Cl)cc1. The van der Waals surface area contributed by atoms with Crippen LogP contribution in [0.15, 0.2) is 84.9 Å². The lowest BCUT2D eigenvalue weighted by Crippen LogP contribution is -2.54. The summed E-state index contributed by atoms with van der Waals surface area (Å²) >= 11 is 6.01. The second-order valence-corrected chi connectivity index (χ2v) is 9.69.